The van der Waals surface area contributed by atoms with Gasteiger partial charge in [0.05, 0.1) is 5.92 Å². The Bertz CT molecular complexity index is 774. The normalized spacial score (nSPS) is 23.2. The molecule has 2 aliphatic rings. The number of para-hydroxylation sites is 1. The molecule has 2 heterocycles. The molecule has 3 rings (SSSR count). The number of piperidine rings is 1. The van der Waals surface area contributed by atoms with Gasteiger partial charge < -0.3 is 10.2 Å². The number of nitrogens with one attached hydrogen (secondary N) is 2. The average molecular weight is 357 g/mol. The standard InChI is InChI=1S/C19H23N3O4/c1-3-12-6-4-5-11(2)17(12)22-10-13(9-16(22)24)18(25)20-14-7-8-15(23)21-19(14)26/h4-6,13-14H,3,7-10H2,1-2H3,(H,20,25)(H,21,23,26). The summed E-state index contributed by atoms with van der Waals surface area (Å²) in [6.45, 7) is 4.29. The van der Waals surface area contributed by atoms with Crippen LogP contribution in [0.3, 0.4) is 0 Å². The van der Waals surface area contributed by atoms with Crippen LogP contribution < -0.4 is 15.5 Å². The van der Waals surface area contributed by atoms with Gasteiger partial charge in [-0.1, -0.05) is 25.1 Å². The van der Waals surface area contributed by atoms with Crippen LogP contribution in [-0.4, -0.2) is 36.2 Å². The van der Waals surface area contributed by atoms with E-state index in [1.165, 1.54) is 0 Å². The number of hydrogen-bond acceptors (Lipinski definition) is 4. The maximum Gasteiger partial charge on any atom is 0.249 e. The summed E-state index contributed by atoms with van der Waals surface area (Å²) < 4.78 is 0. The Morgan fingerprint density at radius 3 is 2.77 bits per heavy atom. The number of carbonyl (C=O) groups is 4. The summed E-state index contributed by atoms with van der Waals surface area (Å²) >= 11 is 0. The van der Waals surface area contributed by atoms with Crippen LogP contribution in [0.5, 0.6) is 0 Å². The average Bonchev–Trinajstić information content (AvgIpc) is 2.98. The molecule has 2 unspecified atom stereocenters. The molecule has 0 spiro atoms. The molecule has 0 aliphatic carbocycles. The first-order chi connectivity index (χ1) is 12.4. The number of nitrogens with zero attached hydrogens (tertiary/aromatic N) is 1. The Morgan fingerprint density at radius 1 is 1.31 bits per heavy atom. The number of amides is 4. The first-order valence-corrected chi connectivity index (χ1v) is 8.93. The van der Waals surface area contributed by atoms with Crippen LogP contribution in [0, 0.1) is 12.8 Å². The number of hydrogen-bond donors (Lipinski definition) is 2. The molecule has 0 saturated carbocycles. The van der Waals surface area contributed by atoms with E-state index in [0.29, 0.717) is 13.0 Å². The zero-order valence-corrected chi connectivity index (χ0v) is 15.0. The molecule has 138 valence electrons. The van der Waals surface area contributed by atoms with Crippen LogP contribution in [0.1, 0.15) is 37.3 Å². The molecule has 26 heavy (non-hydrogen) atoms. The highest BCUT2D eigenvalue weighted by atomic mass is 16.2. The van der Waals surface area contributed by atoms with Crippen molar-refractivity contribution in [3.8, 4) is 0 Å². The Balaban J connectivity index is 1.71. The lowest BCUT2D eigenvalue weighted by atomic mass is 10.0. The highest BCUT2D eigenvalue weighted by Gasteiger charge is 2.38. The molecule has 4 amide bonds. The molecule has 2 atom stereocenters. The molecular weight excluding hydrogens is 334 g/mol. The predicted molar refractivity (Wildman–Crippen MR) is 95.3 cm³/mol. The summed E-state index contributed by atoms with van der Waals surface area (Å²) in [7, 11) is 0. The first-order valence-electron chi connectivity index (χ1n) is 8.93. The van der Waals surface area contributed by atoms with Crippen molar-refractivity contribution in [1.82, 2.24) is 10.6 Å². The molecule has 0 radical (unpaired) electrons. The van der Waals surface area contributed by atoms with E-state index in [4.69, 9.17) is 0 Å². The number of imide groups is 1. The van der Waals surface area contributed by atoms with Crippen molar-refractivity contribution in [1.29, 1.82) is 0 Å². The fourth-order valence-corrected chi connectivity index (χ4v) is 3.61. The second kappa shape index (κ2) is 7.27. The van der Waals surface area contributed by atoms with Gasteiger partial charge in [-0.3, -0.25) is 24.5 Å². The number of carbonyl (C=O) groups excluding carboxylic acids is 4. The highest BCUT2D eigenvalue weighted by molar-refractivity contribution is 6.04. The summed E-state index contributed by atoms with van der Waals surface area (Å²) in [6.07, 6.45) is 1.42. The third kappa shape index (κ3) is 3.47. The van der Waals surface area contributed by atoms with E-state index in [2.05, 4.69) is 10.6 Å². The predicted octanol–water partition coefficient (Wildman–Crippen LogP) is 0.832. The van der Waals surface area contributed by atoms with Crippen molar-refractivity contribution < 1.29 is 19.2 Å². The monoisotopic (exact) mass is 357 g/mol. The van der Waals surface area contributed by atoms with E-state index in [1.54, 1.807) is 4.90 Å². The third-order valence-electron chi connectivity index (χ3n) is 5.02. The van der Waals surface area contributed by atoms with Crippen molar-refractivity contribution >= 4 is 29.3 Å². The summed E-state index contributed by atoms with van der Waals surface area (Å²) in [4.78, 5) is 49.8. The molecule has 2 aliphatic heterocycles. The maximum absolute atomic E-state index is 12.5. The van der Waals surface area contributed by atoms with Crippen molar-refractivity contribution in [2.75, 3.05) is 11.4 Å². The molecule has 2 N–H and O–H groups in total. The molecule has 7 heteroatoms. The first kappa shape index (κ1) is 18.1. The van der Waals surface area contributed by atoms with Crippen LogP contribution in [0.25, 0.3) is 0 Å². The lowest BCUT2D eigenvalue weighted by Gasteiger charge is -2.24. The molecule has 1 aromatic rings. The maximum atomic E-state index is 12.5. The van der Waals surface area contributed by atoms with Crippen LogP contribution in [0.4, 0.5) is 5.69 Å². The van der Waals surface area contributed by atoms with Crippen molar-refractivity contribution in [3.05, 3.63) is 29.3 Å². The number of benzene rings is 1. The fourth-order valence-electron chi connectivity index (χ4n) is 3.61. The summed E-state index contributed by atoms with van der Waals surface area (Å²) in [5.41, 5.74) is 2.96. The van der Waals surface area contributed by atoms with Gasteiger partial charge >= 0.3 is 0 Å². The van der Waals surface area contributed by atoms with Gasteiger partial charge in [0.25, 0.3) is 0 Å². The summed E-state index contributed by atoms with van der Waals surface area (Å²) in [5.74, 6) is -1.71. The van der Waals surface area contributed by atoms with Crippen LogP contribution in [0.2, 0.25) is 0 Å². The third-order valence-corrected chi connectivity index (χ3v) is 5.02. The minimum atomic E-state index is -0.714. The van der Waals surface area contributed by atoms with Crippen LogP contribution in [-0.2, 0) is 25.6 Å². The molecule has 2 saturated heterocycles. The Hall–Kier alpha value is -2.70. The second-order valence-corrected chi connectivity index (χ2v) is 6.85. The van der Waals surface area contributed by atoms with Gasteiger partial charge in [-0.25, -0.2) is 0 Å². The van der Waals surface area contributed by atoms with E-state index in [0.717, 1.165) is 23.2 Å². The summed E-state index contributed by atoms with van der Waals surface area (Å²) in [5, 5.41) is 4.91. The fraction of sp³-hybridized carbons (Fsp3) is 0.474. The second-order valence-electron chi connectivity index (χ2n) is 6.85. The molecular formula is C19H23N3O4. The van der Waals surface area contributed by atoms with Gasteiger partial charge in [0.15, 0.2) is 0 Å². The zero-order chi connectivity index (χ0) is 18.8. The van der Waals surface area contributed by atoms with E-state index in [-0.39, 0.29) is 30.6 Å². The molecule has 1 aromatic carbocycles. The molecule has 7 nitrogen and oxygen atoms in total. The van der Waals surface area contributed by atoms with Gasteiger partial charge in [0, 0.05) is 25.1 Å². The highest BCUT2D eigenvalue weighted by Crippen LogP contribution is 2.31. The Labute approximate surface area is 152 Å². The molecule has 0 bridgehead atoms. The quantitative estimate of drug-likeness (QED) is 0.781. The minimum Gasteiger partial charge on any atom is -0.344 e. The minimum absolute atomic E-state index is 0.0857. The van der Waals surface area contributed by atoms with E-state index >= 15 is 0 Å². The zero-order valence-electron chi connectivity index (χ0n) is 15.0. The van der Waals surface area contributed by atoms with E-state index in [9.17, 15) is 19.2 Å². The van der Waals surface area contributed by atoms with Gasteiger partial charge in [-0.15, -0.1) is 0 Å². The number of aryl methyl sites for hydroxylation is 2. The number of rotatable bonds is 4. The lowest BCUT2D eigenvalue weighted by Crippen LogP contribution is -2.53. The van der Waals surface area contributed by atoms with E-state index < -0.39 is 17.9 Å². The van der Waals surface area contributed by atoms with E-state index in [1.807, 2.05) is 32.0 Å². The molecule has 0 aromatic heterocycles. The van der Waals surface area contributed by atoms with Gasteiger partial charge in [-0.2, -0.15) is 0 Å². The van der Waals surface area contributed by atoms with Gasteiger partial charge in [0.2, 0.25) is 23.6 Å². The van der Waals surface area contributed by atoms with Crippen molar-refractivity contribution in [2.24, 2.45) is 5.92 Å². The topological polar surface area (TPSA) is 95.6 Å². The molecule has 2 fully saturated rings. The Morgan fingerprint density at radius 2 is 2.08 bits per heavy atom. The summed E-state index contributed by atoms with van der Waals surface area (Å²) in [6, 6.07) is 5.20. The SMILES string of the molecule is CCc1cccc(C)c1N1CC(C(=O)NC2CCC(=O)NC2=O)CC1=O. The lowest BCUT2D eigenvalue weighted by molar-refractivity contribution is -0.138. The largest absolute Gasteiger partial charge is 0.344 e. The smallest absolute Gasteiger partial charge is 0.249 e. The van der Waals surface area contributed by atoms with Crippen LogP contribution >= 0.6 is 0 Å². The van der Waals surface area contributed by atoms with Crippen molar-refractivity contribution in [3.63, 3.8) is 0 Å². The van der Waals surface area contributed by atoms with Gasteiger partial charge in [-0.05, 0) is 30.9 Å². The Kier molecular flexibility index (Phi) is 5.06. The van der Waals surface area contributed by atoms with Crippen LogP contribution in [0.15, 0.2) is 18.2 Å². The number of anilines is 1. The van der Waals surface area contributed by atoms with Gasteiger partial charge in [0.1, 0.15) is 6.04 Å². The van der Waals surface area contributed by atoms with Crippen molar-refractivity contribution in [2.45, 2.75) is 45.6 Å².